The van der Waals surface area contributed by atoms with Crippen LogP contribution in [0.4, 0.5) is 11.6 Å². The van der Waals surface area contributed by atoms with Crippen LogP contribution in [0.2, 0.25) is 0 Å². The average molecular weight is 503 g/mol. The minimum atomic E-state index is -0.275. The van der Waals surface area contributed by atoms with Crippen LogP contribution in [-0.2, 0) is 23.3 Å². The lowest BCUT2D eigenvalue weighted by Crippen LogP contribution is -2.38. The number of hydrogen-bond donors (Lipinski definition) is 2. The van der Waals surface area contributed by atoms with Crippen LogP contribution < -0.4 is 16.2 Å². The summed E-state index contributed by atoms with van der Waals surface area (Å²) >= 11 is 0. The number of allylic oxidation sites excluding steroid dienone is 3. The van der Waals surface area contributed by atoms with Crippen LogP contribution in [0.1, 0.15) is 38.8 Å². The molecule has 4 rings (SSSR count). The van der Waals surface area contributed by atoms with Gasteiger partial charge in [-0.2, -0.15) is 10.1 Å². The molecule has 2 N–H and O–H groups in total. The topological polar surface area (TPSA) is 109 Å². The predicted molar refractivity (Wildman–Crippen MR) is 147 cm³/mol. The zero-order valence-electron chi connectivity index (χ0n) is 22.0. The Labute approximate surface area is 216 Å². The summed E-state index contributed by atoms with van der Waals surface area (Å²) in [6.45, 7) is 14.2. The molecule has 0 unspecified atom stereocenters. The molecule has 0 saturated heterocycles. The van der Waals surface area contributed by atoms with Crippen LogP contribution in [0.3, 0.4) is 0 Å². The molecule has 0 amide bonds. The maximum atomic E-state index is 13.3. The van der Waals surface area contributed by atoms with Crippen molar-refractivity contribution in [1.82, 2.24) is 29.7 Å². The van der Waals surface area contributed by atoms with Crippen molar-refractivity contribution in [1.29, 1.82) is 0 Å². The van der Waals surface area contributed by atoms with Crippen molar-refractivity contribution >= 4 is 34.8 Å². The summed E-state index contributed by atoms with van der Waals surface area (Å²) in [6.07, 6.45) is 6.70. The van der Waals surface area contributed by atoms with Crippen LogP contribution in [0, 0.1) is 0 Å². The molecule has 10 heteroatoms. The number of nitrogens with one attached hydrogen (secondary N) is 2. The van der Waals surface area contributed by atoms with E-state index in [9.17, 15) is 9.59 Å². The number of carbonyl (C=O) groups excluding carboxylic acids is 1. The van der Waals surface area contributed by atoms with Crippen LogP contribution in [0.5, 0.6) is 0 Å². The van der Waals surface area contributed by atoms with E-state index in [2.05, 4.69) is 53.3 Å². The second kappa shape index (κ2) is 10.5. The maximum absolute atomic E-state index is 13.3. The Bertz CT molecular complexity index is 1440. The molecule has 1 aliphatic rings. The van der Waals surface area contributed by atoms with Crippen molar-refractivity contribution in [2.24, 2.45) is 5.10 Å². The quantitative estimate of drug-likeness (QED) is 0.122. The summed E-state index contributed by atoms with van der Waals surface area (Å²) in [6, 6.07) is 6.36. The standard InChI is InChI=1S/C27H34N8O2/c1-7-12-34-25(37)21-16-29-26(30-20-10-11-22-19(14-20)15-28-17-27(22,4)5)31-24(21)35(34)23(9-8-13-36)32-33(6)18(2)3/h7-11,13-14,16,18,28H,1,12,15,17H2,2-6H3,(H,29,30,31)/b9-8-,32-23+. The van der Waals surface area contributed by atoms with E-state index in [0.29, 0.717) is 29.1 Å². The molecular weight excluding hydrogens is 468 g/mol. The number of hydrogen-bond acceptors (Lipinski definition) is 8. The first-order valence-electron chi connectivity index (χ1n) is 12.3. The number of aromatic nitrogens is 4. The fourth-order valence-electron chi connectivity index (χ4n) is 4.37. The van der Waals surface area contributed by atoms with E-state index in [4.69, 9.17) is 4.98 Å². The second-order valence-corrected chi connectivity index (χ2v) is 10.0. The van der Waals surface area contributed by atoms with Crippen molar-refractivity contribution in [2.75, 3.05) is 18.9 Å². The lowest BCUT2D eigenvalue weighted by Gasteiger charge is -2.33. The molecule has 0 saturated carbocycles. The van der Waals surface area contributed by atoms with E-state index < -0.39 is 0 Å². The molecule has 3 aromatic rings. The van der Waals surface area contributed by atoms with E-state index in [1.807, 2.05) is 27.0 Å². The molecule has 10 nitrogen and oxygen atoms in total. The number of nitrogens with zero attached hydrogens (tertiary/aromatic N) is 6. The highest BCUT2D eigenvalue weighted by Crippen LogP contribution is 2.31. The summed E-state index contributed by atoms with van der Waals surface area (Å²) in [5, 5.41) is 13.5. The first kappa shape index (κ1) is 26.0. The van der Waals surface area contributed by atoms with Crippen LogP contribution in [0.25, 0.3) is 11.0 Å². The molecule has 0 spiro atoms. The predicted octanol–water partition coefficient (Wildman–Crippen LogP) is 3.16. The Hall–Kier alpha value is -4.05. The molecule has 194 valence electrons. The smallest absolute Gasteiger partial charge is 0.278 e. The molecule has 0 fully saturated rings. The minimum Gasteiger partial charge on any atom is -0.324 e. The zero-order valence-corrected chi connectivity index (χ0v) is 22.0. The fraction of sp³-hybridized carbons (Fsp3) is 0.370. The third-order valence-corrected chi connectivity index (χ3v) is 6.50. The summed E-state index contributed by atoms with van der Waals surface area (Å²) in [4.78, 5) is 33.5. The van der Waals surface area contributed by atoms with E-state index >= 15 is 0 Å². The number of aldehydes is 1. The summed E-state index contributed by atoms with van der Waals surface area (Å²) < 4.78 is 3.08. The lowest BCUT2D eigenvalue weighted by molar-refractivity contribution is -0.104. The number of hydrazone groups is 1. The van der Waals surface area contributed by atoms with Crippen LogP contribution >= 0.6 is 0 Å². The molecule has 0 bridgehead atoms. The second-order valence-electron chi connectivity index (χ2n) is 10.0. The van der Waals surface area contributed by atoms with Gasteiger partial charge in [-0.3, -0.25) is 14.6 Å². The molecule has 1 aromatic carbocycles. The zero-order chi connectivity index (χ0) is 26.7. The molecule has 0 aliphatic carbocycles. The first-order valence-corrected chi connectivity index (χ1v) is 12.3. The number of rotatable bonds is 8. The van der Waals surface area contributed by atoms with Gasteiger partial charge in [0.05, 0.1) is 6.54 Å². The normalized spacial score (nSPS) is 15.2. The van der Waals surface area contributed by atoms with Gasteiger partial charge in [0.25, 0.3) is 5.56 Å². The van der Waals surface area contributed by atoms with E-state index in [0.717, 1.165) is 18.8 Å². The Morgan fingerprint density at radius 2 is 2.16 bits per heavy atom. The minimum absolute atomic E-state index is 0.0551. The van der Waals surface area contributed by atoms with Gasteiger partial charge in [-0.1, -0.05) is 26.0 Å². The van der Waals surface area contributed by atoms with Crippen LogP contribution in [0.15, 0.2) is 59.1 Å². The van der Waals surface area contributed by atoms with Gasteiger partial charge in [0, 0.05) is 43.5 Å². The van der Waals surface area contributed by atoms with Gasteiger partial charge in [0.2, 0.25) is 5.95 Å². The SMILES string of the molecule is C=CCn1c(=O)c2cnc(Nc3ccc4c(c3)CNCC4(C)C)nc2n1C(/C=C\C=O)=N/N(C)C(C)C. The van der Waals surface area contributed by atoms with Crippen LogP contribution in [-0.4, -0.2) is 56.1 Å². The van der Waals surface area contributed by atoms with Gasteiger partial charge in [0.1, 0.15) is 11.7 Å². The molecular formula is C27H34N8O2. The Morgan fingerprint density at radius 3 is 2.86 bits per heavy atom. The van der Waals surface area contributed by atoms with Crippen molar-refractivity contribution in [3.63, 3.8) is 0 Å². The molecule has 0 atom stereocenters. The third-order valence-electron chi connectivity index (χ3n) is 6.50. The third kappa shape index (κ3) is 5.24. The van der Waals surface area contributed by atoms with E-state index in [-0.39, 0.29) is 23.6 Å². The number of anilines is 2. The highest BCUT2D eigenvalue weighted by molar-refractivity contribution is 6.01. The number of benzene rings is 1. The molecule has 1 aliphatic heterocycles. The van der Waals surface area contributed by atoms with Gasteiger partial charge >= 0.3 is 0 Å². The number of fused-ring (bicyclic) bond motifs is 2. The summed E-state index contributed by atoms with van der Waals surface area (Å²) in [7, 11) is 1.83. The molecule has 37 heavy (non-hydrogen) atoms. The summed E-state index contributed by atoms with van der Waals surface area (Å²) in [5.74, 6) is 0.708. The van der Waals surface area contributed by atoms with Gasteiger partial charge in [0.15, 0.2) is 11.5 Å². The van der Waals surface area contributed by atoms with E-state index in [1.54, 1.807) is 21.8 Å². The Kier molecular flexibility index (Phi) is 7.40. The number of carbonyl (C=O) groups is 1. The van der Waals surface area contributed by atoms with Gasteiger partial charge in [-0.05, 0) is 49.3 Å². The van der Waals surface area contributed by atoms with Crippen molar-refractivity contribution in [3.05, 3.63) is 70.7 Å². The monoisotopic (exact) mass is 502 g/mol. The molecule has 2 aromatic heterocycles. The Morgan fingerprint density at radius 1 is 1.38 bits per heavy atom. The molecule has 0 radical (unpaired) electrons. The van der Waals surface area contributed by atoms with Gasteiger partial charge in [-0.15, -0.1) is 6.58 Å². The van der Waals surface area contributed by atoms with Crippen molar-refractivity contribution in [2.45, 2.75) is 52.2 Å². The summed E-state index contributed by atoms with van der Waals surface area (Å²) in [5.41, 5.74) is 3.55. The van der Waals surface area contributed by atoms with Gasteiger partial charge < -0.3 is 10.6 Å². The maximum Gasteiger partial charge on any atom is 0.278 e. The van der Waals surface area contributed by atoms with Crippen molar-refractivity contribution in [3.8, 4) is 0 Å². The molecule has 3 heterocycles. The largest absolute Gasteiger partial charge is 0.324 e. The average Bonchev–Trinajstić information content (AvgIpc) is 3.12. The van der Waals surface area contributed by atoms with Gasteiger partial charge in [-0.25, -0.2) is 14.3 Å². The van der Waals surface area contributed by atoms with Crippen molar-refractivity contribution < 1.29 is 4.79 Å². The van der Waals surface area contributed by atoms with E-state index in [1.165, 1.54) is 28.1 Å². The first-order chi connectivity index (χ1) is 17.7. The fourth-order valence-corrected chi connectivity index (χ4v) is 4.37. The highest BCUT2D eigenvalue weighted by atomic mass is 16.1. The highest BCUT2D eigenvalue weighted by Gasteiger charge is 2.27. The lowest BCUT2D eigenvalue weighted by atomic mass is 9.79. The Balaban J connectivity index is 1.83.